The molecule has 0 N–H and O–H groups in total. The predicted octanol–water partition coefficient (Wildman–Crippen LogP) is 2.87. The number of ketones is 1. The highest BCUT2D eigenvalue weighted by Crippen LogP contribution is 2.15. The van der Waals surface area contributed by atoms with Gasteiger partial charge in [-0.05, 0) is 31.2 Å². The molecule has 2 aromatic rings. The van der Waals surface area contributed by atoms with Gasteiger partial charge in [0.15, 0.2) is 5.69 Å². The van der Waals surface area contributed by atoms with E-state index in [1.807, 2.05) is 13.0 Å². The smallest absolute Gasteiger partial charge is 0.207 e. The zero-order chi connectivity index (χ0) is 12.4. The second-order valence-electron chi connectivity index (χ2n) is 3.65. The normalized spacial score (nSPS) is 11.2. The first-order valence-electron chi connectivity index (χ1n) is 5.04. The van der Waals surface area contributed by atoms with Crippen LogP contribution in [0.25, 0.3) is 6.08 Å². The molecule has 0 saturated carbocycles. The van der Waals surface area contributed by atoms with Crippen molar-refractivity contribution in [2.45, 2.75) is 6.92 Å². The van der Waals surface area contributed by atoms with E-state index in [1.54, 1.807) is 25.4 Å². The minimum absolute atomic E-state index is 0.244. The van der Waals surface area contributed by atoms with Crippen molar-refractivity contribution in [3.05, 3.63) is 46.6 Å². The molecule has 0 aliphatic rings. The number of aryl methyl sites for hydroxylation is 2. The summed E-state index contributed by atoms with van der Waals surface area (Å²) >= 11 is 5.86. The molecule has 17 heavy (non-hydrogen) atoms. The Bertz CT molecular complexity index is 581. The Labute approximate surface area is 103 Å². The van der Waals surface area contributed by atoms with E-state index in [9.17, 15) is 4.79 Å². The fourth-order valence-corrected chi connectivity index (χ4v) is 1.68. The van der Waals surface area contributed by atoms with Crippen LogP contribution in [-0.2, 0) is 7.05 Å². The van der Waals surface area contributed by atoms with Crippen molar-refractivity contribution in [3.8, 4) is 0 Å². The van der Waals surface area contributed by atoms with E-state index < -0.39 is 0 Å². The topological polar surface area (TPSA) is 48.0 Å². The van der Waals surface area contributed by atoms with E-state index in [-0.39, 0.29) is 11.5 Å². The molecule has 0 unspecified atom stereocenters. The van der Waals surface area contributed by atoms with Crippen molar-refractivity contribution in [1.82, 2.24) is 9.78 Å². The molecule has 2 heterocycles. The lowest BCUT2D eigenvalue weighted by molar-refractivity contribution is 0.104. The second kappa shape index (κ2) is 4.59. The van der Waals surface area contributed by atoms with E-state index in [0.29, 0.717) is 10.8 Å². The van der Waals surface area contributed by atoms with Gasteiger partial charge in [0.1, 0.15) is 11.5 Å². The van der Waals surface area contributed by atoms with Gasteiger partial charge in [-0.25, -0.2) is 0 Å². The third kappa shape index (κ3) is 2.65. The molecule has 0 amide bonds. The Morgan fingerprint density at radius 1 is 1.53 bits per heavy atom. The lowest BCUT2D eigenvalue weighted by atomic mass is 10.2. The van der Waals surface area contributed by atoms with Crippen LogP contribution in [0.4, 0.5) is 0 Å². The number of rotatable bonds is 3. The van der Waals surface area contributed by atoms with Gasteiger partial charge in [-0.3, -0.25) is 9.48 Å². The van der Waals surface area contributed by atoms with Crippen molar-refractivity contribution in [3.63, 3.8) is 0 Å². The average Bonchev–Trinajstić information content (AvgIpc) is 2.81. The van der Waals surface area contributed by atoms with Crippen molar-refractivity contribution >= 4 is 23.5 Å². The molecule has 2 aromatic heterocycles. The second-order valence-corrected chi connectivity index (χ2v) is 4.05. The minimum atomic E-state index is -0.246. The summed E-state index contributed by atoms with van der Waals surface area (Å²) < 4.78 is 6.81. The SMILES string of the molecule is Cc1ccc(/C=C/C(=O)c2nn(C)cc2Cl)o1. The highest BCUT2D eigenvalue weighted by molar-refractivity contribution is 6.34. The molecule has 88 valence electrons. The van der Waals surface area contributed by atoms with Gasteiger partial charge >= 0.3 is 0 Å². The van der Waals surface area contributed by atoms with Crippen LogP contribution in [0.1, 0.15) is 22.0 Å². The molecule has 4 nitrogen and oxygen atoms in total. The molecule has 0 saturated heterocycles. The predicted molar refractivity (Wildman–Crippen MR) is 65.0 cm³/mol. The number of halogens is 1. The number of aromatic nitrogens is 2. The summed E-state index contributed by atoms with van der Waals surface area (Å²) in [4.78, 5) is 11.8. The maximum atomic E-state index is 11.8. The summed E-state index contributed by atoms with van der Waals surface area (Å²) in [7, 11) is 1.71. The summed E-state index contributed by atoms with van der Waals surface area (Å²) in [6, 6.07) is 3.62. The first kappa shape index (κ1) is 11.7. The van der Waals surface area contributed by atoms with Crippen molar-refractivity contribution in [1.29, 1.82) is 0 Å². The van der Waals surface area contributed by atoms with Crippen LogP contribution in [0.2, 0.25) is 5.02 Å². The number of hydrogen-bond acceptors (Lipinski definition) is 3. The summed E-state index contributed by atoms with van der Waals surface area (Å²) in [6.45, 7) is 1.84. The highest BCUT2D eigenvalue weighted by atomic mass is 35.5. The van der Waals surface area contributed by atoms with Crippen LogP contribution in [0, 0.1) is 6.92 Å². The zero-order valence-electron chi connectivity index (χ0n) is 9.48. The molecular weight excluding hydrogens is 240 g/mol. The van der Waals surface area contributed by atoms with Crippen LogP contribution in [0.5, 0.6) is 0 Å². The molecule has 0 radical (unpaired) electrons. The van der Waals surface area contributed by atoms with Gasteiger partial charge in [0.25, 0.3) is 0 Å². The molecule has 0 atom stereocenters. The van der Waals surface area contributed by atoms with Gasteiger partial charge in [0.05, 0.1) is 5.02 Å². The summed E-state index contributed by atoms with van der Waals surface area (Å²) in [5.74, 6) is 1.18. The number of nitrogens with zero attached hydrogens (tertiary/aromatic N) is 2. The Morgan fingerprint density at radius 3 is 2.82 bits per heavy atom. The van der Waals surface area contributed by atoms with Gasteiger partial charge in [-0.2, -0.15) is 5.10 Å². The largest absolute Gasteiger partial charge is 0.462 e. The molecular formula is C12H11ClN2O2. The van der Waals surface area contributed by atoms with Gasteiger partial charge in [-0.1, -0.05) is 11.6 Å². The fourth-order valence-electron chi connectivity index (χ4n) is 1.41. The first-order valence-corrected chi connectivity index (χ1v) is 5.42. The third-order valence-corrected chi connectivity index (χ3v) is 2.45. The number of furan rings is 1. The summed E-state index contributed by atoms with van der Waals surface area (Å²) in [6.07, 6.45) is 4.58. The molecule has 2 rings (SSSR count). The molecule has 0 bridgehead atoms. The summed E-state index contributed by atoms with van der Waals surface area (Å²) in [5, 5.41) is 4.33. The fraction of sp³-hybridized carbons (Fsp3) is 0.167. The maximum Gasteiger partial charge on any atom is 0.207 e. The Kier molecular flexibility index (Phi) is 3.15. The lowest BCUT2D eigenvalue weighted by Gasteiger charge is -1.89. The summed E-state index contributed by atoms with van der Waals surface area (Å²) in [5.41, 5.74) is 0.244. The van der Waals surface area contributed by atoms with Gasteiger partial charge in [0, 0.05) is 13.2 Å². The van der Waals surface area contributed by atoms with E-state index >= 15 is 0 Å². The Morgan fingerprint density at radius 2 is 2.29 bits per heavy atom. The number of hydrogen-bond donors (Lipinski definition) is 0. The van der Waals surface area contributed by atoms with Gasteiger partial charge in [-0.15, -0.1) is 0 Å². The van der Waals surface area contributed by atoms with Crippen LogP contribution in [0.3, 0.4) is 0 Å². The van der Waals surface area contributed by atoms with E-state index in [2.05, 4.69) is 5.10 Å². The molecule has 0 aliphatic carbocycles. The zero-order valence-corrected chi connectivity index (χ0v) is 10.2. The quantitative estimate of drug-likeness (QED) is 0.622. The van der Waals surface area contributed by atoms with Crippen LogP contribution in [0.15, 0.2) is 28.8 Å². The van der Waals surface area contributed by atoms with Crippen LogP contribution in [-0.4, -0.2) is 15.6 Å². The number of carbonyl (C=O) groups excluding carboxylic acids is 1. The Balaban J connectivity index is 2.17. The Hall–Kier alpha value is -1.81. The number of allylic oxidation sites excluding steroid dienone is 1. The van der Waals surface area contributed by atoms with Crippen molar-refractivity contribution in [2.24, 2.45) is 7.05 Å². The lowest BCUT2D eigenvalue weighted by Crippen LogP contribution is -1.98. The van der Waals surface area contributed by atoms with E-state index in [1.165, 1.54) is 10.8 Å². The van der Waals surface area contributed by atoms with E-state index in [4.69, 9.17) is 16.0 Å². The van der Waals surface area contributed by atoms with Crippen molar-refractivity contribution < 1.29 is 9.21 Å². The minimum Gasteiger partial charge on any atom is -0.462 e. The molecule has 0 spiro atoms. The maximum absolute atomic E-state index is 11.8. The van der Waals surface area contributed by atoms with Crippen LogP contribution < -0.4 is 0 Å². The van der Waals surface area contributed by atoms with Crippen LogP contribution >= 0.6 is 11.6 Å². The van der Waals surface area contributed by atoms with E-state index in [0.717, 1.165) is 5.76 Å². The highest BCUT2D eigenvalue weighted by Gasteiger charge is 2.11. The molecule has 0 aromatic carbocycles. The standard InChI is InChI=1S/C12H11ClN2O2/c1-8-3-4-9(17-8)5-6-11(16)12-10(13)7-15(2)14-12/h3-7H,1-2H3/b6-5+. The number of carbonyl (C=O) groups is 1. The van der Waals surface area contributed by atoms with Crippen molar-refractivity contribution in [2.75, 3.05) is 0 Å². The molecule has 5 heteroatoms. The average molecular weight is 251 g/mol. The first-order chi connectivity index (χ1) is 8.06. The van der Waals surface area contributed by atoms with Gasteiger partial charge < -0.3 is 4.42 Å². The monoisotopic (exact) mass is 250 g/mol. The molecule has 0 fully saturated rings. The van der Waals surface area contributed by atoms with Gasteiger partial charge in [0.2, 0.25) is 5.78 Å². The molecule has 0 aliphatic heterocycles. The third-order valence-electron chi connectivity index (χ3n) is 2.18.